The third-order valence-electron chi connectivity index (χ3n) is 12.4. The zero-order valence-corrected chi connectivity index (χ0v) is 36.6. The molecule has 15 atom stereocenters. The van der Waals surface area contributed by atoms with Gasteiger partial charge in [0.05, 0.1) is 42.7 Å². The van der Waals surface area contributed by atoms with Crippen LogP contribution in [-0.4, -0.2) is 114 Å². The largest absolute Gasteiger partial charge is 0.452 e. The SMILES string of the molecule is CC(=C[C@H](C)CCCCC(=O)NCCN)C1OC2C=CC1OC(=O)C=CC=CC=C[C@H]1OC3CC1O[C@@H](C=CC[C@H]1O[C@H](C[C@H](O)[C@H]1C)[C@@H](O)[C@@H](O)C=CCCC=CC2)C3C. The van der Waals surface area contributed by atoms with Crippen LogP contribution in [0.2, 0.25) is 0 Å². The van der Waals surface area contributed by atoms with Crippen LogP contribution >= 0.6 is 0 Å². The van der Waals surface area contributed by atoms with E-state index in [2.05, 4.69) is 43.5 Å². The number of carbonyl (C=O) groups excluding carboxylic acids is 2. The highest BCUT2D eigenvalue weighted by Crippen LogP contribution is 2.38. The van der Waals surface area contributed by atoms with Crippen LogP contribution in [0.25, 0.3) is 0 Å². The highest BCUT2D eigenvalue weighted by molar-refractivity contribution is 5.82. The maximum Gasteiger partial charge on any atom is 0.331 e. The molecule has 0 aromatic rings. The van der Waals surface area contributed by atoms with Crippen molar-refractivity contribution in [3.05, 3.63) is 96.7 Å². The second-order valence-electron chi connectivity index (χ2n) is 17.4. The molecule has 0 saturated carbocycles. The number of hydrogen-bond donors (Lipinski definition) is 5. The van der Waals surface area contributed by atoms with Gasteiger partial charge in [0.15, 0.2) is 6.10 Å². The Morgan fingerprint density at radius 1 is 0.803 bits per heavy atom. The average molecular weight is 849 g/mol. The minimum atomic E-state index is -1.18. The quantitative estimate of drug-likeness (QED) is 0.108. The van der Waals surface area contributed by atoms with Crippen molar-refractivity contribution in [3.63, 3.8) is 0 Å². The van der Waals surface area contributed by atoms with Crippen LogP contribution in [-0.2, 0) is 33.3 Å². The average Bonchev–Trinajstić information content (AvgIpc) is 3.59. The smallest absolute Gasteiger partial charge is 0.331 e. The van der Waals surface area contributed by atoms with Gasteiger partial charge < -0.3 is 50.1 Å². The Labute approximate surface area is 363 Å². The number of unbranched alkanes of at least 4 members (excludes halogenated alkanes) is 1. The summed E-state index contributed by atoms with van der Waals surface area (Å²) in [5.74, 6) is -0.218. The van der Waals surface area contributed by atoms with E-state index in [4.69, 9.17) is 29.4 Å². The van der Waals surface area contributed by atoms with Crippen LogP contribution in [0, 0.1) is 17.8 Å². The molecule has 0 aliphatic carbocycles. The number of nitrogens with two attached hydrogens (primary N) is 1. The standard InChI is InChI=1S/C49H72N2O10/c1-32(17-14-15-23-46(54)51-28-27-50)29-33(2)49-42-26-25-36(57-49)18-10-6-5-7-11-19-37(52)48(56)45-30-38(53)34(3)39(59-45)21-16-22-40-35(4)43-31-44(58-40)41(60-43)20-12-8-9-13-24-47(55)61-42/h6,8-13,16,19-20,22,24-26,29,32,34-45,48-49,52-53,56H,5,7,14-15,17-18,21,23,27-28,30-31,50H2,1-4H3,(H,51,54)/t32-,34-,35?,36?,37+,38+,39-,40+,41-,42?,43?,44?,45-,48+,49?/m1/s1. The molecule has 3 saturated heterocycles. The van der Waals surface area contributed by atoms with Gasteiger partial charge in [-0.2, -0.15) is 0 Å². The number of esters is 1. The number of aliphatic hydroxyl groups excluding tert-OH is 3. The van der Waals surface area contributed by atoms with E-state index in [0.717, 1.165) is 37.7 Å². The zero-order chi connectivity index (χ0) is 43.7. The van der Waals surface area contributed by atoms with Crippen molar-refractivity contribution >= 4 is 11.9 Å². The predicted molar refractivity (Wildman–Crippen MR) is 236 cm³/mol. The third kappa shape index (κ3) is 15.1. The summed E-state index contributed by atoms with van der Waals surface area (Å²) < 4.78 is 31.7. The second kappa shape index (κ2) is 25.0. The highest BCUT2D eigenvalue weighted by atomic mass is 16.6. The molecule has 61 heavy (non-hydrogen) atoms. The molecule has 0 radical (unpaired) electrons. The number of rotatable bonds is 9. The Morgan fingerprint density at radius 2 is 1.59 bits per heavy atom. The number of allylic oxidation sites excluding steroid dienone is 7. The third-order valence-corrected chi connectivity index (χ3v) is 12.4. The summed E-state index contributed by atoms with van der Waals surface area (Å²) >= 11 is 0. The van der Waals surface area contributed by atoms with Crippen molar-refractivity contribution in [3.8, 4) is 0 Å². The van der Waals surface area contributed by atoms with Gasteiger partial charge in [-0.05, 0) is 63.0 Å². The Morgan fingerprint density at radius 3 is 2.41 bits per heavy atom. The van der Waals surface area contributed by atoms with E-state index >= 15 is 0 Å². The number of carbonyl (C=O) groups is 2. The first-order valence-electron chi connectivity index (χ1n) is 22.6. The lowest BCUT2D eigenvalue weighted by Gasteiger charge is -2.40. The first-order valence-corrected chi connectivity index (χ1v) is 22.6. The van der Waals surface area contributed by atoms with E-state index in [1.807, 2.05) is 56.4 Å². The molecule has 0 aromatic carbocycles. The molecule has 338 valence electrons. The fourth-order valence-electron chi connectivity index (χ4n) is 8.69. The van der Waals surface area contributed by atoms with Gasteiger partial charge in [0, 0.05) is 50.3 Å². The normalized spacial score (nSPS) is 37.0. The molecule has 12 heteroatoms. The van der Waals surface area contributed by atoms with Gasteiger partial charge in [0.1, 0.15) is 24.4 Å². The highest BCUT2D eigenvalue weighted by Gasteiger charge is 2.45. The molecule has 6 aliphatic heterocycles. The fourth-order valence-corrected chi connectivity index (χ4v) is 8.69. The summed E-state index contributed by atoms with van der Waals surface area (Å²) in [7, 11) is 0. The molecule has 6 heterocycles. The molecule has 6 unspecified atom stereocenters. The van der Waals surface area contributed by atoms with E-state index in [9.17, 15) is 24.9 Å². The summed E-state index contributed by atoms with van der Waals surface area (Å²) in [4.78, 5) is 25.0. The Kier molecular flexibility index (Phi) is 19.9. The van der Waals surface area contributed by atoms with Gasteiger partial charge in [0.25, 0.3) is 0 Å². The molecule has 6 N–H and O–H groups in total. The summed E-state index contributed by atoms with van der Waals surface area (Å²) in [6.45, 7) is 9.15. The number of hydrogen-bond acceptors (Lipinski definition) is 11. The number of amides is 1. The van der Waals surface area contributed by atoms with Gasteiger partial charge in [-0.15, -0.1) is 0 Å². The van der Waals surface area contributed by atoms with Crippen molar-refractivity contribution in [2.24, 2.45) is 23.5 Å². The summed E-state index contributed by atoms with van der Waals surface area (Å²) in [5.41, 5.74) is 6.46. The first-order chi connectivity index (χ1) is 29.4. The van der Waals surface area contributed by atoms with Gasteiger partial charge in [-0.1, -0.05) is 106 Å². The Hall–Kier alpha value is -3.46. The van der Waals surface area contributed by atoms with Crippen molar-refractivity contribution in [2.45, 2.75) is 165 Å². The summed E-state index contributed by atoms with van der Waals surface area (Å²) in [6, 6.07) is 0. The zero-order valence-electron chi connectivity index (χ0n) is 36.6. The topological polar surface area (TPSA) is 179 Å². The lowest BCUT2D eigenvalue weighted by Crippen LogP contribution is -2.50. The second-order valence-corrected chi connectivity index (χ2v) is 17.4. The van der Waals surface area contributed by atoms with Crippen molar-refractivity contribution in [2.75, 3.05) is 13.1 Å². The predicted octanol–water partition coefficient (Wildman–Crippen LogP) is 5.79. The van der Waals surface area contributed by atoms with Crippen molar-refractivity contribution in [1.29, 1.82) is 0 Å². The molecule has 0 spiro atoms. The molecule has 6 rings (SSSR count). The molecule has 12 nitrogen and oxygen atoms in total. The monoisotopic (exact) mass is 849 g/mol. The van der Waals surface area contributed by atoms with E-state index < -0.39 is 42.6 Å². The lowest BCUT2D eigenvalue weighted by molar-refractivity contribution is -0.175. The number of fused-ring (bicyclic) bond motifs is 13. The van der Waals surface area contributed by atoms with Crippen molar-refractivity contribution in [1.82, 2.24) is 5.32 Å². The van der Waals surface area contributed by atoms with Crippen LogP contribution in [0.4, 0.5) is 0 Å². The molecule has 1 amide bonds. The van der Waals surface area contributed by atoms with Gasteiger partial charge in [-0.25, -0.2) is 4.79 Å². The molecule has 7 bridgehead atoms. The maximum absolute atomic E-state index is 13.0. The Bertz CT molecular complexity index is 1630. The number of aliphatic hydroxyl groups is 3. The Balaban J connectivity index is 1.26. The van der Waals surface area contributed by atoms with Crippen LogP contribution in [0.1, 0.15) is 91.9 Å². The van der Waals surface area contributed by atoms with E-state index in [1.54, 1.807) is 18.2 Å². The van der Waals surface area contributed by atoms with Gasteiger partial charge >= 0.3 is 5.97 Å². The van der Waals surface area contributed by atoms with Crippen molar-refractivity contribution < 1.29 is 48.6 Å². The van der Waals surface area contributed by atoms with E-state index in [-0.39, 0.29) is 66.7 Å². The molecule has 3 fully saturated rings. The molecule has 0 aromatic heterocycles. The summed E-state index contributed by atoms with van der Waals surface area (Å²) in [5, 5.41) is 35.6. The maximum atomic E-state index is 13.0. The fraction of sp³-hybridized carbons (Fsp3) is 0.633. The first kappa shape index (κ1) is 48.6. The van der Waals surface area contributed by atoms with E-state index in [1.165, 1.54) is 6.08 Å². The lowest BCUT2D eigenvalue weighted by atomic mass is 9.85. The van der Waals surface area contributed by atoms with Crippen LogP contribution in [0.5, 0.6) is 0 Å². The van der Waals surface area contributed by atoms with E-state index in [0.29, 0.717) is 38.8 Å². The van der Waals surface area contributed by atoms with Crippen LogP contribution in [0.15, 0.2) is 96.7 Å². The van der Waals surface area contributed by atoms with Gasteiger partial charge in [-0.3, -0.25) is 4.79 Å². The minimum absolute atomic E-state index is 0.0237. The summed E-state index contributed by atoms with van der Waals surface area (Å²) in [6.07, 6.45) is 29.3. The van der Waals surface area contributed by atoms with Crippen LogP contribution < -0.4 is 11.1 Å². The van der Waals surface area contributed by atoms with Crippen LogP contribution in [0.3, 0.4) is 0 Å². The number of ether oxygens (including phenoxy) is 5. The molecular formula is C49H72N2O10. The van der Waals surface area contributed by atoms with Gasteiger partial charge in [0.2, 0.25) is 5.91 Å². The minimum Gasteiger partial charge on any atom is -0.452 e. The molecule has 6 aliphatic rings. The number of nitrogens with one attached hydrogen (secondary N) is 1. The molecular weight excluding hydrogens is 777 g/mol.